The summed E-state index contributed by atoms with van der Waals surface area (Å²) in [6, 6.07) is 6.95. The molecule has 0 atom stereocenters. The van der Waals surface area contributed by atoms with E-state index in [2.05, 4.69) is 11.8 Å². The van der Waals surface area contributed by atoms with Crippen LogP contribution >= 0.6 is 0 Å². The fourth-order valence-electron chi connectivity index (χ4n) is 3.61. The van der Waals surface area contributed by atoms with Gasteiger partial charge in [0, 0.05) is 70.4 Å². The predicted octanol–water partition coefficient (Wildman–Crippen LogP) is 0.769. The van der Waals surface area contributed by atoms with Crippen LogP contribution in [0.25, 0.3) is 0 Å². The van der Waals surface area contributed by atoms with Crippen LogP contribution in [0.5, 0.6) is 0 Å². The van der Waals surface area contributed by atoms with Crippen LogP contribution in [-0.2, 0) is 4.79 Å². The number of piperazine rings is 2. The van der Waals surface area contributed by atoms with E-state index in [4.69, 9.17) is 0 Å². The quantitative estimate of drug-likeness (QED) is 0.786. The lowest BCUT2D eigenvalue weighted by molar-refractivity contribution is -0.130. The number of benzene rings is 1. The number of nitrogens with zero attached hydrogens (tertiary/aromatic N) is 4. The summed E-state index contributed by atoms with van der Waals surface area (Å²) in [5.74, 6) is 0.0262. The lowest BCUT2D eigenvalue weighted by Gasteiger charge is -2.34. The maximum atomic E-state index is 12.7. The maximum absolute atomic E-state index is 12.7. The molecule has 2 saturated heterocycles. The zero-order chi connectivity index (χ0) is 19.4. The van der Waals surface area contributed by atoms with Crippen LogP contribution in [0.15, 0.2) is 24.3 Å². The third-order valence-corrected chi connectivity index (χ3v) is 5.50. The largest absolute Gasteiger partial charge is 0.339 e. The standard InChI is InChI=1S/C20H28N4O3/c1-3-21-8-10-23(11-9-21)19(26)17-4-6-18(7-5-17)20(27)24-14-12-22(13-15-24)16(2)25/h4-7H,3,8-15H2,1-2H3. The topological polar surface area (TPSA) is 64.2 Å². The first kappa shape index (κ1) is 19.4. The van der Waals surface area contributed by atoms with Crippen molar-refractivity contribution in [1.29, 1.82) is 0 Å². The first-order valence-electron chi connectivity index (χ1n) is 9.66. The van der Waals surface area contributed by atoms with Gasteiger partial charge in [-0.3, -0.25) is 14.4 Å². The summed E-state index contributed by atoms with van der Waals surface area (Å²) in [5.41, 5.74) is 1.21. The smallest absolute Gasteiger partial charge is 0.253 e. The molecule has 7 nitrogen and oxygen atoms in total. The van der Waals surface area contributed by atoms with Crippen molar-refractivity contribution < 1.29 is 14.4 Å². The van der Waals surface area contributed by atoms with Crippen molar-refractivity contribution in [3.63, 3.8) is 0 Å². The molecule has 3 rings (SSSR count). The molecule has 3 amide bonds. The summed E-state index contributed by atoms with van der Waals surface area (Å²) in [7, 11) is 0. The fourth-order valence-corrected chi connectivity index (χ4v) is 3.61. The van der Waals surface area contributed by atoms with Gasteiger partial charge in [0.05, 0.1) is 0 Å². The molecule has 0 saturated carbocycles. The van der Waals surface area contributed by atoms with E-state index in [-0.39, 0.29) is 17.7 Å². The van der Waals surface area contributed by atoms with Gasteiger partial charge in [-0.25, -0.2) is 0 Å². The molecule has 0 aromatic heterocycles. The molecule has 0 N–H and O–H groups in total. The van der Waals surface area contributed by atoms with Crippen LogP contribution in [-0.4, -0.2) is 96.2 Å². The summed E-state index contributed by atoms with van der Waals surface area (Å²) in [6.07, 6.45) is 0. The maximum Gasteiger partial charge on any atom is 0.253 e. The van der Waals surface area contributed by atoms with Gasteiger partial charge in [0.15, 0.2) is 0 Å². The molecular weight excluding hydrogens is 344 g/mol. The molecule has 1 aromatic carbocycles. The highest BCUT2D eigenvalue weighted by Gasteiger charge is 2.24. The molecule has 0 bridgehead atoms. The average molecular weight is 372 g/mol. The summed E-state index contributed by atoms with van der Waals surface area (Å²) in [5, 5.41) is 0. The first-order chi connectivity index (χ1) is 13.0. The molecule has 7 heteroatoms. The monoisotopic (exact) mass is 372 g/mol. The highest BCUT2D eigenvalue weighted by Crippen LogP contribution is 2.13. The zero-order valence-electron chi connectivity index (χ0n) is 16.2. The van der Waals surface area contributed by atoms with Gasteiger partial charge in [0.25, 0.3) is 11.8 Å². The molecule has 0 spiro atoms. The zero-order valence-corrected chi connectivity index (χ0v) is 16.2. The Morgan fingerprint density at radius 3 is 1.44 bits per heavy atom. The number of rotatable bonds is 3. The van der Waals surface area contributed by atoms with Crippen LogP contribution in [0.3, 0.4) is 0 Å². The summed E-state index contributed by atoms with van der Waals surface area (Å²) >= 11 is 0. The second kappa shape index (κ2) is 8.52. The van der Waals surface area contributed by atoms with Crippen molar-refractivity contribution >= 4 is 17.7 Å². The van der Waals surface area contributed by atoms with E-state index in [1.54, 1.807) is 41.0 Å². The molecule has 0 aliphatic carbocycles. The first-order valence-corrected chi connectivity index (χ1v) is 9.66. The normalized spacial score (nSPS) is 18.5. The lowest BCUT2D eigenvalue weighted by Crippen LogP contribution is -2.50. The van der Waals surface area contributed by atoms with Crippen molar-refractivity contribution in [2.75, 3.05) is 58.9 Å². The summed E-state index contributed by atoms with van der Waals surface area (Å²) < 4.78 is 0. The van der Waals surface area contributed by atoms with Gasteiger partial charge in [0.2, 0.25) is 5.91 Å². The SMILES string of the molecule is CCN1CCN(C(=O)c2ccc(C(=O)N3CCN(C(C)=O)CC3)cc2)CC1. The Kier molecular flexibility index (Phi) is 6.11. The van der Waals surface area contributed by atoms with Crippen LogP contribution < -0.4 is 0 Å². The molecule has 2 fully saturated rings. The third-order valence-electron chi connectivity index (χ3n) is 5.50. The average Bonchev–Trinajstić information content (AvgIpc) is 2.73. The number of carbonyl (C=O) groups is 3. The van der Waals surface area contributed by atoms with Gasteiger partial charge in [-0.15, -0.1) is 0 Å². The number of hydrogen-bond donors (Lipinski definition) is 0. The van der Waals surface area contributed by atoms with E-state index in [0.717, 1.165) is 32.7 Å². The molecule has 27 heavy (non-hydrogen) atoms. The summed E-state index contributed by atoms with van der Waals surface area (Å²) in [4.78, 5) is 44.4. The molecule has 0 unspecified atom stereocenters. The minimum absolute atomic E-state index is 0.0276. The van der Waals surface area contributed by atoms with Crippen molar-refractivity contribution in [3.8, 4) is 0 Å². The van der Waals surface area contributed by atoms with E-state index in [1.165, 1.54) is 0 Å². The van der Waals surface area contributed by atoms with Gasteiger partial charge >= 0.3 is 0 Å². The van der Waals surface area contributed by atoms with Crippen LogP contribution in [0, 0.1) is 0 Å². The number of likely N-dealkylation sites (N-methyl/N-ethyl adjacent to an activating group) is 1. The Hall–Kier alpha value is -2.41. The van der Waals surface area contributed by atoms with E-state index < -0.39 is 0 Å². The van der Waals surface area contributed by atoms with Crippen LogP contribution in [0.4, 0.5) is 0 Å². The number of carbonyl (C=O) groups excluding carboxylic acids is 3. The molecule has 2 aliphatic rings. The number of hydrogen-bond acceptors (Lipinski definition) is 4. The number of amides is 3. The highest BCUT2D eigenvalue weighted by atomic mass is 16.2. The van der Waals surface area contributed by atoms with E-state index in [1.807, 2.05) is 4.90 Å². The van der Waals surface area contributed by atoms with Crippen molar-refractivity contribution in [1.82, 2.24) is 19.6 Å². The van der Waals surface area contributed by atoms with Gasteiger partial charge in [-0.2, -0.15) is 0 Å². The Balaban J connectivity index is 1.58. The molecule has 146 valence electrons. The van der Waals surface area contributed by atoms with Gasteiger partial charge in [-0.1, -0.05) is 6.92 Å². The van der Waals surface area contributed by atoms with E-state index in [0.29, 0.717) is 37.3 Å². The van der Waals surface area contributed by atoms with Gasteiger partial charge in [0.1, 0.15) is 0 Å². The lowest BCUT2D eigenvalue weighted by atomic mass is 10.1. The second-order valence-electron chi connectivity index (χ2n) is 7.10. The second-order valence-corrected chi connectivity index (χ2v) is 7.10. The third kappa shape index (κ3) is 4.47. The predicted molar refractivity (Wildman–Crippen MR) is 103 cm³/mol. The van der Waals surface area contributed by atoms with Crippen LogP contribution in [0.1, 0.15) is 34.6 Å². The molecule has 0 radical (unpaired) electrons. The molecule has 2 aliphatic heterocycles. The molecule has 1 aromatic rings. The molecular formula is C20H28N4O3. The molecule has 2 heterocycles. The van der Waals surface area contributed by atoms with E-state index >= 15 is 0 Å². The minimum atomic E-state index is -0.0474. The van der Waals surface area contributed by atoms with Gasteiger partial charge in [-0.05, 0) is 30.8 Å². The highest BCUT2D eigenvalue weighted by molar-refractivity contribution is 5.98. The Labute approximate surface area is 160 Å². The van der Waals surface area contributed by atoms with Gasteiger partial charge < -0.3 is 19.6 Å². The fraction of sp³-hybridized carbons (Fsp3) is 0.550. The van der Waals surface area contributed by atoms with E-state index in [9.17, 15) is 14.4 Å². The summed E-state index contributed by atoms with van der Waals surface area (Å²) in [6.45, 7) is 10.2. The van der Waals surface area contributed by atoms with Crippen molar-refractivity contribution in [3.05, 3.63) is 35.4 Å². The minimum Gasteiger partial charge on any atom is -0.339 e. The van der Waals surface area contributed by atoms with Crippen LogP contribution in [0.2, 0.25) is 0 Å². The van der Waals surface area contributed by atoms with Crippen molar-refractivity contribution in [2.24, 2.45) is 0 Å². The van der Waals surface area contributed by atoms with Crippen molar-refractivity contribution in [2.45, 2.75) is 13.8 Å². The Bertz CT molecular complexity index is 688. The Morgan fingerprint density at radius 2 is 1.07 bits per heavy atom. The Morgan fingerprint density at radius 1 is 0.704 bits per heavy atom.